The maximum atomic E-state index is 12.1. The van der Waals surface area contributed by atoms with E-state index in [1.54, 1.807) is 16.2 Å². The van der Waals surface area contributed by atoms with Crippen LogP contribution in [0.5, 0.6) is 0 Å². The number of hydrogen-bond donors (Lipinski definition) is 1. The van der Waals surface area contributed by atoms with Crippen LogP contribution in [0.25, 0.3) is 0 Å². The summed E-state index contributed by atoms with van der Waals surface area (Å²) in [6.07, 6.45) is 0. The lowest BCUT2D eigenvalue weighted by Gasteiger charge is -2.17. The van der Waals surface area contributed by atoms with Crippen LogP contribution >= 0.6 is 27.3 Å². The molecule has 0 saturated heterocycles. The fraction of sp³-hybridized carbons (Fsp3) is 0.267. The molecule has 0 spiro atoms. The summed E-state index contributed by atoms with van der Waals surface area (Å²) >= 11 is 5.10. The molecule has 3 nitrogen and oxygen atoms in total. The van der Waals surface area contributed by atoms with E-state index in [0.717, 1.165) is 15.7 Å². The Bertz CT molecular complexity index is 584. The standard InChI is InChI=1S/C15H17BrN2OS/c1-11-8-12(16)5-6-14(11)17-9-15(19)18(2)10-13-4-3-7-20-13/h3-8,17H,9-10H2,1-2H3. The Morgan fingerprint density at radius 1 is 1.40 bits per heavy atom. The summed E-state index contributed by atoms with van der Waals surface area (Å²) in [6, 6.07) is 10.0. The average Bonchev–Trinajstić information content (AvgIpc) is 2.90. The third kappa shape index (κ3) is 4.08. The number of likely N-dealkylation sites (N-methyl/N-ethyl adjacent to an activating group) is 1. The lowest BCUT2D eigenvalue weighted by atomic mass is 10.2. The lowest BCUT2D eigenvalue weighted by Crippen LogP contribution is -2.31. The summed E-state index contributed by atoms with van der Waals surface area (Å²) < 4.78 is 1.04. The zero-order valence-electron chi connectivity index (χ0n) is 11.5. The first-order valence-corrected chi connectivity index (χ1v) is 8.00. The molecule has 0 aliphatic heterocycles. The SMILES string of the molecule is Cc1cc(Br)ccc1NCC(=O)N(C)Cc1cccs1. The Morgan fingerprint density at radius 3 is 2.85 bits per heavy atom. The van der Waals surface area contributed by atoms with Gasteiger partial charge in [-0.1, -0.05) is 22.0 Å². The fourth-order valence-electron chi connectivity index (χ4n) is 1.86. The van der Waals surface area contributed by atoms with Gasteiger partial charge in [0.1, 0.15) is 0 Å². The highest BCUT2D eigenvalue weighted by molar-refractivity contribution is 9.10. The summed E-state index contributed by atoms with van der Waals surface area (Å²) in [4.78, 5) is 15.0. The Hall–Kier alpha value is -1.33. The van der Waals surface area contributed by atoms with Crippen LogP contribution in [0.1, 0.15) is 10.4 Å². The van der Waals surface area contributed by atoms with E-state index in [2.05, 4.69) is 21.2 Å². The van der Waals surface area contributed by atoms with Crippen molar-refractivity contribution in [2.45, 2.75) is 13.5 Å². The van der Waals surface area contributed by atoms with Crippen LogP contribution in [-0.2, 0) is 11.3 Å². The first-order chi connectivity index (χ1) is 9.56. The van der Waals surface area contributed by atoms with Crippen molar-refractivity contribution >= 4 is 38.9 Å². The summed E-state index contributed by atoms with van der Waals surface area (Å²) in [5.74, 6) is 0.0840. The molecule has 106 valence electrons. The zero-order valence-corrected chi connectivity index (χ0v) is 13.9. The van der Waals surface area contributed by atoms with Crippen LogP contribution in [0, 0.1) is 6.92 Å². The Kier molecular flexibility index (Phi) is 5.20. The van der Waals surface area contributed by atoms with Crippen molar-refractivity contribution < 1.29 is 4.79 Å². The van der Waals surface area contributed by atoms with Crippen molar-refractivity contribution in [2.24, 2.45) is 0 Å². The summed E-state index contributed by atoms with van der Waals surface area (Å²) in [7, 11) is 1.83. The number of hydrogen-bond acceptors (Lipinski definition) is 3. The van der Waals surface area contributed by atoms with Gasteiger partial charge in [-0.2, -0.15) is 0 Å². The molecule has 1 amide bonds. The molecule has 0 bridgehead atoms. The van der Waals surface area contributed by atoms with Crippen LogP contribution in [-0.4, -0.2) is 24.4 Å². The minimum Gasteiger partial charge on any atom is -0.376 e. The third-order valence-corrected chi connectivity index (χ3v) is 4.37. The molecule has 0 radical (unpaired) electrons. The number of rotatable bonds is 5. The van der Waals surface area contributed by atoms with E-state index in [1.165, 1.54) is 4.88 Å². The van der Waals surface area contributed by atoms with Gasteiger partial charge in [-0.3, -0.25) is 4.79 Å². The molecule has 0 aliphatic carbocycles. The van der Waals surface area contributed by atoms with E-state index in [-0.39, 0.29) is 5.91 Å². The second-order valence-corrected chi connectivity index (χ2v) is 6.59. The molecule has 2 aromatic rings. The van der Waals surface area contributed by atoms with Crippen molar-refractivity contribution in [1.29, 1.82) is 0 Å². The minimum atomic E-state index is 0.0840. The number of aryl methyl sites for hydroxylation is 1. The van der Waals surface area contributed by atoms with E-state index in [0.29, 0.717) is 13.1 Å². The van der Waals surface area contributed by atoms with Crippen molar-refractivity contribution in [3.63, 3.8) is 0 Å². The van der Waals surface area contributed by atoms with Crippen LogP contribution in [0.15, 0.2) is 40.2 Å². The molecule has 20 heavy (non-hydrogen) atoms. The molecule has 0 aliphatic rings. The Morgan fingerprint density at radius 2 is 2.20 bits per heavy atom. The fourth-order valence-corrected chi connectivity index (χ4v) is 3.09. The third-order valence-electron chi connectivity index (χ3n) is 3.02. The van der Waals surface area contributed by atoms with Gasteiger partial charge in [0.25, 0.3) is 0 Å². The van der Waals surface area contributed by atoms with Gasteiger partial charge in [-0.25, -0.2) is 0 Å². The smallest absolute Gasteiger partial charge is 0.241 e. The van der Waals surface area contributed by atoms with Crippen LogP contribution in [0.3, 0.4) is 0 Å². The van der Waals surface area contributed by atoms with E-state index < -0.39 is 0 Å². The number of nitrogens with zero attached hydrogens (tertiary/aromatic N) is 1. The number of thiophene rings is 1. The van der Waals surface area contributed by atoms with Gasteiger partial charge in [0.05, 0.1) is 13.1 Å². The van der Waals surface area contributed by atoms with Gasteiger partial charge in [-0.15, -0.1) is 11.3 Å². The van der Waals surface area contributed by atoms with Gasteiger partial charge in [0.2, 0.25) is 5.91 Å². The highest BCUT2D eigenvalue weighted by Gasteiger charge is 2.10. The molecule has 2 rings (SSSR count). The van der Waals surface area contributed by atoms with Crippen LogP contribution in [0.4, 0.5) is 5.69 Å². The number of carbonyl (C=O) groups is 1. The van der Waals surface area contributed by atoms with Gasteiger partial charge in [-0.05, 0) is 42.1 Å². The quantitative estimate of drug-likeness (QED) is 0.885. The molecule has 1 aromatic heterocycles. The zero-order chi connectivity index (χ0) is 14.5. The van der Waals surface area contributed by atoms with E-state index in [1.807, 2.05) is 49.7 Å². The van der Waals surface area contributed by atoms with E-state index in [9.17, 15) is 4.79 Å². The van der Waals surface area contributed by atoms with E-state index >= 15 is 0 Å². The van der Waals surface area contributed by atoms with Crippen molar-refractivity contribution in [3.8, 4) is 0 Å². The van der Waals surface area contributed by atoms with Crippen molar-refractivity contribution in [2.75, 3.05) is 18.9 Å². The largest absolute Gasteiger partial charge is 0.376 e. The van der Waals surface area contributed by atoms with Crippen molar-refractivity contribution in [1.82, 2.24) is 4.90 Å². The molecule has 1 N–H and O–H groups in total. The molecule has 0 saturated carbocycles. The highest BCUT2D eigenvalue weighted by atomic mass is 79.9. The van der Waals surface area contributed by atoms with Crippen LogP contribution < -0.4 is 5.32 Å². The van der Waals surface area contributed by atoms with Gasteiger partial charge in [0, 0.05) is 22.1 Å². The number of carbonyl (C=O) groups excluding carboxylic acids is 1. The molecule has 5 heteroatoms. The average molecular weight is 353 g/mol. The molecular formula is C15H17BrN2OS. The molecular weight excluding hydrogens is 336 g/mol. The summed E-state index contributed by atoms with van der Waals surface area (Å²) in [5.41, 5.74) is 2.11. The van der Waals surface area contributed by atoms with Crippen molar-refractivity contribution in [3.05, 3.63) is 50.6 Å². The summed E-state index contributed by atoms with van der Waals surface area (Å²) in [5, 5.41) is 5.22. The molecule has 1 aromatic carbocycles. The molecule has 0 unspecified atom stereocenters. The highest BCUT2D eigenvalue weighted by Crippen LogP contribution is 2.19. The predicted octanol–water partition coefficient (Wildman–Crippen LogP) is 3.89. The van der Waals surface area contributed by atoms with E-state index in [4.69, 9.17) is 0 Å². The number of nitrogens with one attached hydrogen (secondary N) is 1. The lowest BCUT2D eigenvalue weighted by molar-refractivity contribution is -0.128. The number of anilines is 1. The first-order valence-electron chi connectivity index (χ1n) is 6.32. The monoisotopic (exact) mass is 352 g/mol. The minimum absolute atomic E-state index is 0.0840. The van der Waals surface area contributed by atoms with Gasteiger partial charge in [0.15, 0.2) is 0 Å². The predicted molar refractivity (Wildman–Crippen MR) is 88.2 cm³/mol. The first kappa shape index (κ1) is 15.1. The summed E-state index contributed by atoms with van der Waals surface area (Å²) in [6.45, 7) is 2.99. The molecule has 0 fully saturated rings. The van der Waals surface area contributed by atoms with Gasteiger partial charge >= 0.3 is 0 Å². The van der Waals surface area contributed by atoms with Crippen LogP contribution in [0.2, 0.25) is 0 Å². The topological polar surface area (TPSA) is 32.3 Å². The normalized spacial score (nSPS) is 10.3. The number of halogens is 1. The Labute approximate surface area is 131 Å². The molecule has 1 heterocycles. The Balaban J connectivity index is 1.88. The number of benzene rings is 1. The second-order valence-electron chi connectivity index (χ2n) is 4.64. The molecule has 0 atom stereocenters. The maximum absolute atomic E-state index is 12.1. The maximum Gasteiger partial charge on any atom is 0.241 e. The second kappa shape index (κ2) is 6.90. The van der Waals surface area contributed by atoms with Gasteiger partial charge < -0.3 is 10.2 Å². The number of amides is 1.